The second-order valence-corrected chi connectivity index (χ2v) is 5.03. The van der Waals surface area contributed by atoms with Crippen LogP contribution in [-0.2, 0) is 9.53 Å². The molecule has 4 nitrogen and oxygen atoms in total. The summed E-state index contributed by atoms with van der Waals surface area (Å²) in [6, 6.07) is 0. The van der Waals surface area contributed by atoms with Crippen molar-refractivity contribution < 1.29 is 14.6 Å². The Balaban J connectivity index is 4.11. The molecule has 0 aliphatic carbocycles. The summed E-state index contributed by atoms with van der Waals surface area (Å²) in [7, 11) is 1.51. The minimum Gasteiger partial charge on any atom is -0.396 e. The number of methoxy groups -OCH3 is 1. The van der Waals surface area contributed by atoms with Gasteiger partial charge in [-0.2, -0.15) is 0 Å². The average Bonchev–Trinajstić information content (AvgIpc) is 2.14. The first-order chi connectivity index (χ1) is 6.75. The SMILES string of the molecule is COC(C)(C)C(=O)NCC(C)(C)CCO. The van der Waals surface area contributed by atoms with Crippen molar-refractivity contribution in [2.24, 2.45) is 5.41 Å². The van der Waals surface area contributed by atoms with Crippen LogP contribution in [0.15, 0.2) is 0 Å². The van der Waals surface area contributed by atoms with Crippen molar-refractivity contribution in [1.82, 2.24) is 5.32 Å². The molecule has 0 aromatic rings. The van der Waals surface area contributed by atoms with Gasteiger partial charge in [-0.3, -0.25) is 4.79 Å². The Hall–Kier alpha value is -0.610. The van der Waals surface area contributed by atoms with Gasteiger partial charge in [-0.25, -0.2) is 0 Å². The van der Waals surface area contributed by atoms with Crippen LogP contribution in [0.25, 0.3) is 0 Å². The Morgan fingerprint density at radius 2 is 1.87 bits per heavy atom. The number of ether oxygens (including phenoxy) is 1. The predicted molar refractivity (Wildman–Crippen MR) is 59.6 cm³/mol. The molecule has 0 radical (unpaired) electrons. The molecule has 90 valence electrons. The van der Waals surface area contributed by atoms with Crippen LogP contribution >= 0.6 is 0 Å². The van der Waals surface area contributed by atoms with Gasteiger partial charge < -0.3 is 15.2 Å². The molecule has 0 fully saturated rings. The van der Waals surface area contributed by atoms with E-state index >= 15 is 0 Å². The fraction of sp³-hybridized carbons (Fsp3) is 0.909. The maximum atomic E-state index is 11.6. The highest BCUT2D eigenvalue weighted by Gasteiger charge is 2.28. The standard InChI is InChI=1S/C11H23NO3/c1-10(2,6-7-13)8-12-9(14)11(3,4)15-5/h13H,6-8H2,1-5H3,(H,12,14). The van der Waals surface area contributed by atoms with Crippen molar-refractivity contribution in [2.75, 3.05) is 20.3 Å². The zero-order valence-electron chi connectivity index (χ0n) is 10.4. The predicted octanol–water partition coefficient (Wildman–Crippen LogP) is 0.936. The normalized spacial score (nSPS) is 12.7. The van der Waals surface area contributed by atoms with Gasteiger partial charge in [0.15, 0.2) is 0 Å². The Labute approximate surface area is 92.0 Å². The number of hydrogen-bond acceptors (Lipinski definition) is 3. The summed E-state index contributed by atoms with van der Waals surface area (Å²) >= 11 is 0. The second-order valence-electron chi connectivity index (χ2n) is 5.03. The summed E-state index contributed by atoms with van der Waals surface area (Å²) in [5.74, 6) is -0.129. The summed E-state index contributed by atoms with van der Waals surface area (Å²) < 4.78 is 5.06. The molecule has 0 saturated heterocycles. The summed E-state index contributed by atoms with van der Waals surface area (Å²) in [5, 5.41) is 11.7. The quantitative estimate of drug-likeness (QED) is 0.696. The molecule has 0 atom stereocenters. The fourth-order valence-electron chi connectivity index (χ4n) is 1.02. The van der Waals surface area contributed by atoms with Crippen molar-refractivity contribution in [3.63, 3.8) is 0 Å². The van der Waals surface area contributed by atoms with Crippen molar-refractivity contribution >= 4 is 5.91 Å². The third kappa shape index (κ3) is 5.14. The van der Waals surface area contributed by atoms with E-state index in [1.807, 2.05) is 13.8 Å². The van der Waals surface area contributed by atoms with E-state index in [0.717, 1.165) is 0 Å². The van der Waals surface area contributed by atoms with Crippen LogP contribution in [0.4, 0.5) is 0 Å². The van der Waals surface area contributed by atoms with Gasteiger partial charge in [0.25, 0.3) is 5.91 Å². The molecule has 0 heterocycles. The molecule has 0 spiro atoms. The summed E-state index contributed by atoms with van der Waals surface area (Å²) in [4.78, 5) is 11.6. The van der Waals surface area contributed by atoms with E-state index in [9.17, 15) is 4.79 Å². The van der Waals surface area contributed by atoms with Crippen LogP contribution in [0.5, 0.6) is 0 Å². The van der Waals surface area contributed by atoms with Gasteiger partial charge in [0.1, 0.15) is 5.60 Å². The number of hydrogen-bond donors (Lipinski definition) is 2. The summed E-state index contributed by atoms with van der Waals surface area (Å²) in [6.45, 7) is 8.13. The van der Waals surface area contributed by atoms with E-state index in [1.165, 1.54) is 7.11 Å². The highest BCUT2D eigenvalue weighted by molar-refractivity contribution is 5.84. The van der Waals surface area contributed by atoms with E-state index < -0.39 is 5.60 Å². The Bertz CT molecular complexity index is 212. The molecular formula is C11H23NO3. The first kappa shape index (κ1) is 14.4. The molecule has 0 unspecified atom stereocenters. The van der Waals surface area contributed by atoms with Crippen molar-refractivity contribution in [1.29, 1.82) is 0 Å². The highest BCUT2D eigenvalue weighted by atomic mass is 16.5. The molecule has 0 aromatic heterocycles. The van der Waals surface area contributed by atoms with Gasteiger partial charge in [0, 0.05) is 20.3 Å². The summed E-state index contributed by atoms with van der Waals surface area (Å²) in [5.41, 5.74) is -0.885. The van der Waals surface area contributed by atoms with Crippen LogP contribution < -0.4 is 5.32 Å². The van der Waals surface area contributed by atoms with Gasteiger partial charge in [0.05, 0.1) is 0 Å². The Morgan fingerprint density at radius 3 is 2.27 bits per heavy atom. The number of carbonyl (C=O) groups excluding carboxylic acids is 1. The minimum atomic E-state index is -0.796. The van der Waals surface area contributed by atoms with Crippen molar-refractivity contribution in [3.8, 4) is 0 Å². The molecule has 0 aliphatic heterocycles. The zero-order valence-corrected chi connectivity index (χ0v) is 10.4. The molecule has 4 heteroatoms. The van der Waals surface area contributed by atoms with Gasteiger partial charge in [-0.1, -0.05) is 13.8 Å². The molecule has 0 aliphatic rings. The number of nitrogens with one attached hydrogen (secondary N) is 1. The lowest BCUT2D eigenvalue weighted by Gasteiger charge is -2.27. The van der Waals surface area contributed by atoms with E-state index in [2.05, 4.69) is 5.32 Å². The zero-order chi connectivity index (χ0) is 12.1. The number of aliphatic hydroxyl groups excluding tert-OH is 1. The molecule has 1 amide bonds. The number of rotatable bonds is 6. The largest absolute Gasteiger partial charge is 0.396 e. The third-order valence-corrected chi connectivity index (χ3v) is 2.57. The molecule has 2 N–H and O–H groups in total. The van der Waals surface area contributed by atoms with Crippen LogP contribution in [0.2, 0.25) is 0 Å². The summed E-state index contributed by atoms with van der Waals surface area (Å²) in [6.07, 6.45) is 0.667. The molecule has 0 aromatic carbocycles. The van der Waals surface area contributed by atoms with Gasteiger partial charge >= 0.3 is 0 Å². The average molecular weight is 217 g/mol. The van der Waals surface area contributed by atoms with Crippen LogP contribution in [0.1, 0.15) is 34.1 Å². The van der Waals surface area contributed by atoms with Gasteiger partial charge in [0.2, 0.25) is 0 Å². The third-order valence-electron chi connectivity index (χ3n) is 2.57. The van der Waals surface area contributed by atoms with E-state index in [-0.39, 0.29) is 17.9 Å². The molecule has 0 saturated carbocycles. The molecule has 0 rings (SSSR count). The number of carbonyl (C=O) groups is 1. The lowest BCUT2D eigenvalue weighted by molar-refractivity contribution is -0.140. The molecule has 0 bridgehead atoms. The van der Waals surface area contributed by atoms with Gasteiger partial charge in [-0.05, 0) is 25.7 Å². The highest BCUT2D eigenvalue weighted by Crippen LogP contribution is 2.18. The first-order valence-electron chi connectivity index (χ1n) is 5.19. The van der Waals surface area contributed by atoms with Crippen LogP contribution in [-0.4, -0.2) is 36.9 Å². The van der Waals surface area contributed by atoms with Crippen molar-refractivity contribution in [2.45, 2.75) is 39.7 Å². The van der Waals surface area contributed by atoms with Crippen LogP contribution in [0.3, 0.4) is 0 Å². The van der Waals surface area contributed by atoms with E-state index in [4.69, 9.17) is 9.84 Å². The monoisotopic (exact) mass is 217 g/mol. The Morgan fingerprint density at radius 1 is 1.33 bits per heavy atom. The van der Waals surface area contributed by atoms with E-state index in [1.54, 1.807) is 13.8 Å². The topological polar surface area (TPSA) is 58.6 Å². The molecule has 15 heavy (non-hydrogen) atoms. The molecular weight excluding hydrogens is 194 g/mol. The Kier molecular flexibility index (Phi) is 5.24. The smallest absolute Gasteiger partial charge is 0.251 e. The lowest BCUT2D eigenvalue weighted by atomic mass is 9.89. The second kappa shape index (κ2) is 5.47. The van der Waals surface area contributed by atoms with Crippen molar-refractivity contribution in [3.05, 3.63) is 0 Å². The minimum absolute atomic E-state index is 0.0891. The number of aliphatic hydroxyl groups is 1. The number of amides is 1. The van der Waals surface area contributed by atoms with E-state index in [0.29, 0.717) is 13.0 Å². The first-order valence-corrected chi connectivity index (χ1v) is 5.19. The fourth-order valence-corrected chi connectivity index (χ4v) is 1.02. The van der Waals surface area contributed by atoms with Crippen LogP contribution in [0, 0.1) is 5.41 Å². The maximum Gasteiger partial charge on any atom is 0.251 e. The van der Waals surface area contributed by atoms with Gasteiger partial charge in [-0.15, -0.1) is 0 Å². The lowest BCUT2D eigenvalue weighted by Crippen LogP contribution is -2.46. The maximum absolute atomic E-state index is 11.6.